The van der Waals surface area contributed by atoms with Crippen LogP contribution in [-0.2, 0) is 10.0 Å². The van der Waals surface area contributed by atoms with Crippen molar-refractivity contribution in [3.63, 3.8) is 0 Å². The summed E-state index contributed by atoms with van der Waals surface area (Å²) in [6, 6.07) is 20.6. The van der Waals surface area contributed by atoms with E-state index in [0.717, 1.165) is 11.1 Å². The second kappa shape index (κ2) is 6.59. The topological polar surface area (TPSA) is 79.2 Å². The number of aromatic nitrogens is 2. The number of sulfonamides is 1. The molecule has 0 fully saturated rings. The Labute approximate surface area is 156 Å². The summed E-state index contributed by atoms with van der Waals surface area (Å²) in [6.45, 7) is 6.95. The number of hydrogen-bond donors (Lipinski definition) is 2. The van der Waals surface area contributed by atoms with Gasteiger partial charge in [0.25, 0.3) is 10.0 Å². The molecule has 0 saturated heterocycles. The number of benzene rings is 3. The van der Waals surface area contributed by atoms with Gasteiger partial charge < -0.3 is 4.98 Å². The van der Waals surface area contributed by atoms with Crippen LogP contribution in [0.2, 0.25) is 0 Å². The first kappa shape index (κ1) is 16.8. The Kier molecular flexibility index (Phi) is 4.11. The van der Waals surface area contributed by atoms with E-state index in [1.807, 2.05) is 30.3 Å². The normalized spacial score (nSPS) is 11.2. The van der Waals surface area contributed by atoms with Crippen molar-refractivity contribution in [1.29, 1.82) is 0 Å². The lowest BCUT2D eigenvalue weighted by Crippen LogP contribution is -2.12. The molecule has 0 spiro atoms. The average Bonchev–Trinajstić information content (AvgIpc) is 3.12. The Morgan fingerprint density at radius 2 is 1.70 bits per heavy atom. The van der Waals surface area contributed by atoms with Gasteiger partial charge in [0.2, 0.25) is 0 Å². The summed E-state index contributed by atoms with van der Waals surface area (Å²) in [5.41, 5.74) is 3.10. The van der Waals surface area contributed by atoms with Crippen LogP contribution in [0.3, 0.4) is 0 Å². The molecular weight excluding hydrogens is 360 g/mol. The van der Waals surface area contributed by atoms with Crippen LogP contribution in [0.15, 0.2) is 77.7 Å². The Balaban J connectivity index is 1.67. The van der Waals surface area contributed by atoms with Crippen LogP contribution in [0.4, 0.5) is 11.4 Å². The Bertz CT molecular complexity index is 1260. The molecule has 1 aromatic heterocycles. The SMILES string of the molecule is [C-]#[N+]c1ccc(NS(=O)(=O)c2ccc3[nH]c(-c4ccccc4)nc3c2)cc1. The maximum atomic E-state index is 12.7. The Morgan fingerprint density at radius 1 is 0.963 bits per heavy atom. The van der Waals surface area contributed by atoms with E-state index in [0.29, 0.717) is 22.7 Å². The van der Waals surface area contributed by atoms with Crippen LogP contribution in [0.1, 0.15) is 0 Å². The van der Waals surface area contributed by atoms with Gasteiger partial charge in [0.15, 0.2) is 5.69 Å². The smallest absolute Gasteiger partial charge is 0.261 e. The van der Waals surface area contributed by atoms with E-state index < -0.39 is 10.0 Å². The number of anilines is 1. The zero-order valence-corrected chi connectivity index (χ0v) is 14.9. The number of H-pyrrole nitrogens is 1. The van der Waals surface area contributed by atoms with Crippen molar-refractivity contribution in [3.8, 4) is 11.4 Å². The van der Waals surface area contributed by atoms with Gasteiger partial charge in [0.1, 0.15) is 5.82 Å². The van der Waals surface area contributed by atoms with Gasteiger partial charge in [-0.1, -0.05) is 42.5 Å². The number of nitrogens with one attached hydrogen (secondary N) is 2. The van der Waals surface area contributed by atoms with Gasteiger partial charge in [-0.2, -0.15) is 0 Å². The van der Waals surface area contributed by atoms with E-state index in [9.17, 15) is 8.42 Å². The molecule has 132 valence electrons. The van der Waals surface area contributed by atoms with Gasteiger partial charge in [-0.3, -0.25) is 4.72 Å². The molecule has 0 radical (unpaired) electrons. The van der Waals surface area contributed by atoms with Crippen molar-refractivity contribution < 1.29 is 8.42 Å². The van der Waals surface area contributed by atoms with Crippen LogP contribution in [-0.4, -0.2) is 18.4 Å². The number of imidazole rings is 1. The van der Waals surface area contributed by atoms with Crippen molar-refractivity contribution in [2.45, 2.75) is 4.90 Å². The first-order valence-electron chi connectivity index (χ1n) is 8.11. The molecule has 0 unspecified atom stereocenters. The quantitative estimate of drug-likeness (QED) is 0.513. The van der Waals surface area contributed by atoms with Crippen molar-refractivity contribution in [2.75, 3.05) is 4.72 Å². The minimum Gasteiger partial charge on any atom is -0.338 e. The fourth-order valence-corrected chi connectivity index (χ4v) is 3.78. The summed E-state index contributed by atoms with van der Waals surface area (Å²) in [6.07, 6.45) is 0. The lowest BCUT2D eigenvalue weighted by atomic mass is 10.2. The molecule has 1 heterocycles. The molecule has 0 bridgehead atoms. The number of nitrogens with zero attached hydrogens (tertiary/aromatic N) is 2. The Hall–Kier alpha value is -3.63. The molecule has 2 N–H and O–H groups in total. The highest BCUT2D eigenvalue weighted by Gasteiger charge is 2.16. The van der Waals surface area contributed by atoms with Gasteiger partial charge in [-0.05, 0) is 30.3 Å². The van der Waals surface area contributed by atoms with Gasteiger partial charge in [-0.15, -0.1) is 0 Å². The molecular formula is C20H14N4O2S. The Morgan fingerprint density at radius 3 is 2.41 bits per heavy atom. The van der Waals surface area contributed by atoms with E-state index in [4.69, 9.17) is 6.57 Å². The molecule has 6 nitrogen and oxygen atoms in total. The number of fused-ring (bicyclic) bond motifs is 1. The summed E-state index contributed by atoms with van der Waals surface area (Å²) in [4.78, 5) is 11.1. The van der Waals surface area contributed by atoms with Crippen molar-refractivity contribution in [1.82, 2.24) is 9.97 Å². The number of hydrogen-bond acceptors (Lipinski definition) is 3. The molecule has 0 aliphatic heterocycles. The first-order valence-corrected chi connectivity index (χ1v) is 9.59. The third kappa shape index (κ3) is 3.38. The fourth-order valence-electron chi connectivity index (χ4n) is 2.70. The van der Waals surface area contributed by atoms with E-state index in [1.54, 1.807) is 30.3 Å². The van der Waals surface area contributed by atoms with Crippen molar-refractivity contribution in [3.05, 3.63) is 84.2 Å². The molecule has 7 heteroatoms. The summed E-state index contributed by atoms with van der Waals surface area (Å²) in [5, 5.41) is 0. The van der Waals surface area contributed by atoms with Crippen molar-refractivity contribution in [2.24, 2.45) is 0 Å². The third-order valence-electron chi connectivity index (χ3n) is 4.06. The predicted octanol–water partition coefficient (Wildman–Crippen LogP) is 4.58. The first-order chi connectivity index (χ1) is 13.0. The molecule has 3 aromatic carbocycles. The molecule has 0 aliphatic rings. The molecule has 27 heavy (non-hydrogen) atoms. The van der Waals surface area contributed by atoms with E-state index in [2.05, 4.69) is 19.5 Å². The second-order valence-electron chi connectivity index (χ2n) is 5.89. The minimum atomic E-state index is -3.76. The maximum Gasteiger partial charge on any atom is 0.261 e. The number of aromatic amines is 1. The van der Waals surface area contributed by atoms with E-state index in [-0.39, 0.29) is 4.90 Å². The van der Waals surface area contributed by atoms with Crippen LogP contribution in [0.5, 0.6) is 0 Å². The standard InChI is InChI=1S/C20H14N4O2S/c1-21-15-7-9-16(10-8-15)24-27(25,26)17-11-12-18-19(13-17)23-20(22-18)14-5-3-2-4-6-14/h2-13,24H,(H,22,23). The molecule has 0 atom stereocenters. The highest BCUT2D eigenvalue weighted by Crippen LogP contribution is 2.24. The largest absolute Gasteiger partial charge is 0.338 e. The summed E-state index contributed by atoms with van der Waals surface area (Å²) < 4.78 is 27.9. The lowest BCUT2D eigenvalue weighted by molar-refractivity contribution is 0.601. The van der Waals surface area contributed by atoms with E-state index in [1.165, 1.54) is 12.1 Å². The lowest BCUT2D eigenvalue weighted by Gasteiger charge is -2.08. The molecule has 0 amide bonds. The van der Waals surface area contributed by atoms with Gasteiger partial charge >= 0.3 is 0 Å². The average molecular weight is 374 g/mol. The maximum absolute atomic E-state index is 12.7. The van der Waals surface area contributed by atoms with Crippen LogP contribution >= 0.6 is 0 Å². The minimum absolute atomic E-state index is 0.121. The fraction of sp³-hybridized carbons (Fsp3) is 0. The summed E-state index contributed by atoms with van der Waals surface area (Å²) in [5.74, 6) is 0.683. The van der Waals surface area contributed by atoms with Crippen LogP contribution in [0.25, 0.3) is 27.3 Å². The number of rotatable bonds is 4. The van der Waals surface area contributed by atoms with Gasteiger partial charge in [-0.25, -0.2) is 18.2 Å². The van der Waals surface area contributed by atoms with Gasteiger partial charge in [0, 0.05) is 11.3 Å². The predicted molar refractivity (Wildman–Crippen MR) is 105 cm³/mol. The summed E-state index contributed by atoms with van der Waals surface area (Å²) in [7, 11) is -3.76. The highest BCUT2D eigenvalue weighted by atomic mass is 32.2. The van der Waals surface area contributed by atoms with Crippen LogP contribution < -0.4 is 4.72 Å². The zero-order chi connectivity index (χ0) is 18.9. The second-order valence-corrected chi connectivity index (χ2v) is 7.58. The highest BCUT2D eigenvalue weighted by molar-refractivity contribution is 7.92. The molecule has 4 aromatic rings. The van der Waals surface area contributed by atoms with Crippen LogP contribution in [0, 0.1) is 6.57 Å². The molecule has 0 aliphatic carbocycles. The van der Waals surface area contributed by atoms with E-state index >= 15 is 0 Å². The molecule has 0 saturated carbocycles. The van der Waals surface area contributed by atoms with Gasteiger partial charge in [0.05, 0.1) is 22.5 Å². The molecule has 4 rings (SSSR count). The third-order valence-corrected chi connectivity index (χ3v) is 5.44. The summed E-state index contributed by atoms with van der Waals surface area (Å²) >= 11 is 0. The monoisotopic (exact) mass is 374 g/mol. The zero-order valence-electron chi connectivity index (χ0n) is 14.0. The van der Waals surface area contributed by atoms with Crippen molar-refractivity contribution >= 4 is 32.4 Å².